The van der Waals surface area contributed by atoms with E-state index in [0.717, 1.165) is 6.04 Å². The van der Waals surface area contributed by atoms with E-state index in [0.29, 0.717) is 0 Å². The standard InChI is InChI=1S/C5H14O2S2Si/c1-10(2,3)5-4-9(6,7)8/h4-5H2,1-3H3,(H,6,7,8). The highest BCUT2D eigenvalue weighted by molar-refractivity contribution is 8.29. The molecule has 2 nitrogen and oxygen atoms in total. The molecule has 0 aromatic heterocycles. The van der Waals surface area contributed by atoms with Crippen LogP contribution in [0.1, 0.15) is 0 Å². The van der Waals surface area contributed by atoms with Crippen LogP contribution in [0.4, 0.5) is 0 Å². The first-order valence-corrected chi connectivity index (χ1v) is 9.47. The zero-order chi connectivity index (χ0) is 8.41. The van der Waals surface area contributed by atoms with Crippen molar-refractivity contribution in [3.63, 3.8) is 0 Å². The summed E-state index contributed by atoms with van der Waals surface area (Å²) in [6.45, 7) is 6.48. The van der Waals surface area contributed by atoms with E-state index in [1.165, 1.54) is 0 Å². The third-order valence-electron chi connectivity index (χ3n) is 1.11. The second-order valence-corrected chi connectivity index (χ2v) is 12.4. The molecule has 0 rings (SSSR count). The lowest BCUT2D eigenvalue weighted by molar-refractivity contribution is 0.563. The van der Waals surface area contributed by atoms with Crippen LogP contribution < -0.4 is 0 Å². The zero-order valence-corrected chi connectivity index (χ0v) is 9.22. The predicted octanol–water partition coefficient (Wildman–Crippen LogP) is 1.54. The van der Waals surface area contributed by atoms with E-state index in [1.54, 1.807) is 0 Å². The lowest BCUT2D eigenvalue weighted by Gasteiger charge is -2.14. The van der Waals surface area contributed by atoms with Gasteiger partial charge in [-0.2, -0.15) is 0 Å². The van der Waals surface area contributed by atoms with Crippen molar-refractivity contribution in [3.8, 4) is 0 Å². The van der Waals surface area contributed by atoms with Gasteiger partial charge in [-0.05, 0) is 6.04 Å². The molecule has 0 radical (unpaired) electrons. The minimum Gasteiger partial charge on any atom is -0.306 e. The van der Waals surface area contributed by atoms with Gasteiger partial charge in [-0.15, -0.1) is 0 Å². The molecule has 0 aliphatic heterocycles. The molecule has 10 heavy (non-hydrogen) atoms. The second-order valence-electron chi connectivity index (χ2n) is 3.60. The van der Waals surface area contributed by atoms with Crippen LogP contribution in [0.25, 0.3) is 0 Å². The monoisotopic (exact) mass is 198 g/mol. The van der Waals surface area contributed by atoms with Gasteiger partial charge in [0.1, 0.15) is 8.77 Å². The van der Waals surface area contributed by atoms with Gasteiger partial charge in [-0.25, -0.2) is 4.21 Å². The van der Waals surface area contributed by atoms with E-state index >= 15 is 0 Å². The summed E-state index contributed by atoms with van der Waals surface area (Å²) >= 11 is 4.36. The van der Waals surface area contributed by atoms with Crippen molar-refractivity contribution in [1.29, 1.82) is 0 Å². The SMILES string of the molecule is C[Si](C)(C)CCS(=O)(O)=S. The van der Waals surface area contributed by atoms with E-state index in [9.17, 15) is 4.21 Å². The molecular formula is C5H14O2S2Si. The Kier molecular flexibility index (Phi) is 3.48. The third-order valence-corrected chi connectivity index (χ3v) is 4.44. The Morgan fingerprint density at radius 1 is 1.50 bits per heavy atom. The maximum atomic E-state index is 10.6. The fourth-order valence-electron chi connectivity index (χ4n) is 0.435. The molecule has 1 N–H and O–H groups in total. The molecule has 1 unspecified atom stereocenters. The van der Waals surface area contributed by atoms with Crippen LogP contribution in [0.2, 0.25) is 25.7 Å². The molecule has 0 fully saturated rings. The van der Waals surface area contributed by atoms with E-state index in [4.69, 9.17) is 4.55 Å². The van der Waals surface area contributed by atoms with Crippen molar-refractivity contribution in [3.05, 3.63) is 0 Å². The topological polar surface area (TPSA) is 37.3 Å². The summed E-state index contributed by atoms with van der Waals surface area (Å²) in [6, 6.07) is 0.839. The molecule has 0 bridgehead atoms. The summed E-state index contributed by atoms with van der Waals surface area (Å²) in [5.74, 6) is 0.290. The molecular weight excluding hydrogens is 184 g/mol. The average molecular weight is 198 g/mol. The molecule has 0 spiro atoms. The van der Waals surface area contributed by atoms with Crippen molar-refractivity contribution >= 4 is 28.0 Å². The molecule has 0 heterocycles. The largest absolute Gasteiger partial charge is 0.306 e. The average Bonchev–Trinajstić information content (AvgIpc) is 1.57. The Morgan fingerprint density at radius 2 is 1.90 bits per heavy atom. The highest BCUT2D eigenvalue weighted by Crippen LogP contribution is 2.08. The summed E-state index contributed by atoms with van der Waals surface area (Å²) in [5.41, 5.74) is 0. The van der Waals surface area contributed by atoms with Gasteiger partial charge in [0.25, 0.3) is 0 Å². The Balaban J connectivity index is 3.79. The fourth-order valence-corrected chi connectivity index (χ4v) is 4.67. The number of hydrogen-bond acceptors (Lipinski definition) is 2. The van der Waals surface area contributed by atoms with Gasteiger partial charge in [0.15, 0.2) is 0 Å². The molecule has 0 aliphatic rings. The lowest BCUT2D eigenvalue weighted by atomic mass is 11.0. The molecule has 0 aromatic carbocycles. The van der Waals surface area contributed by atoms with E-state index in [2.05, 4.69) is 30.8 Å². The highest BCUT2D eigenvalue weighted by Gasteiger charge is 2.14. The smallest absolute Gasteiger partial charge is 0.141 e. The van der Waals surface area contributed by atoms with Gasteiger partial charge in [-0.1, -0.05) is 19.6 Å². The van der Waals surface area contributed by atoms with E-state index in [1.807, 2.05) is 0 Å². The lowest BCUT2D eigenvalue weighted by Crippen LogP contribution is -2.23. The summed E-state index contributed by atoms with van der Waals surface area (Å²) < 4.78 is 19.4. The predicted molar refractivity (Wildman–Crippen MR) is 51.2 cm³/mol. The Morgan fingerprint density at radius 3 is 2.00 bits per heavy atom. The Hall–Kier alpha value is 0.547. The first-order valence-electron chi connectivity index (χ1n) is 3.16. The summed E-state index contributed by atoms with van der Waals surface area (Å²) in [7, 11) is -4.06. The minimum atomic E-state index is -2.89. The van der Waals surface area contributed by atoms with Gasteiger partial charge in [0, 0.05) is 25.0 Å². The van der Waals surface area contributed by atoms with Gasteiger partial charge < -0.3 is 4.55 Å². The normalized spacial score (nSPS) is 18.4. The van der Waals surface area contributed by atoms with E-state index in [-0.39, 0.29) is 5.75 Å². The molecule has 1 atom stereocenters. The van der Waals surface area contributed by atoms with Gasteiger partial charge >= 0.3 is 0 Å². The first-order chi connectivity index (χ1) is 4.21. The van der Waals surface area contributed by atoms with Crippen LogP contribution in [0, 0.1) is 0 Å². The van der Waals surface area contributed by atoms with Crippen LogP contribution in [0.5, 0.6) is 0 Å². The van der Waals surface area contributed by atoms with Gasteiger partial charge in [0.2, 0.25) is 0 Å². The van der Waals surface area contributed by atoms with Crippen molar-refractivity contribution < 1.29 is 8.76 Å². The molecule has 0 aliphatic carbocycles. The molecule has 62 valence electrons. The van der Waals surface area contributed by atoms with Crippen LogP contribution in [-0.4, -0.2) is 22.6 Å². The maximum Gasteiger partial charge on any atom is 0.141 e. The third kappa shape index (κ3) is 8.55. The molecule has 0 amide bonds. The maximum absolute atomic E-state index is 10.6. The quantitative estimate of drug-likeness (QED) is 0.699. The zero-order valence-electron chi connectivity index (χ0n) is 6.59. The summed E-state index contributed by atoms with van der Waals surface area (Å²) in [6.07, 6.45) is 0. The van der Waals surface area contributed by atoms with E-state index < -0.39 is 16.8 Å². The fraction of sp³-hybridized carbons (Fsp3) is 1.00. The Bertz CT molecular complexity index is 190. The van der Waals surface area contributed by atoms with Crippen LogP contribution >= 0.6 is 0 Å². The summed E-state index contributed by atoms with van der Waals surface area (Å²) in [4.78, 5) is 0. The van der Waals surface area contributed by atoms with Crippen LogP contribution in [-0.2, 0) is 20.0 Å². The highest BCUT2D eigenvalue weighted by atomic mass is 32.8. The Labute approximate surface area is 68.5 Å². The molecule has 0 saturated carbocycles. The van der Waals surface area contributed by atoms with Crippen LogP contribution in [0.3, 0.4) is 0 Å². The van der Waals surface area contributed by atoms with Crippen molar-refractivity contribution in [2.45, 2.75) is 25.7 Å². The molecule has 0 aromatic rings. The summed E-state index contributed by atoms with van der Waals surface area (Å²) in [5, 5.41) is 0. The van der Waals surface area contributed by atoms with Gasteiger partial charge in [0.05, 0.1) is 0 Å². The van der Waals surface area contributed by atoms with Gasteiger partial charge in [-0.3, -0.25) is 0 Å². The van der Waals surface area contributed by atoms with Crippen LogP contribution in [0.15, 0.2) is 0 Å². The van der Waals surface area contributed by atoms with Crippen molar-refractivity contribution in [1.82, 2.24) is 0 Å². The first kappa shape index (κ1) is 10.5. The number of rotatable bonds is 3. The second kappa shape index (κ2) is 3.30. The molecule has 0 saturated heterocycles. The number of hydrogen-bond donors (Lipinski definition) is 1. The van der Waals surface area contributed by atoms with Crippen molar-refractivity contribution in [2.75, 3.05) is 5.75 Å². The van der Waals surface area contributed by atoms with Crippen molar-refractivity contribution in [2.24, 2.45) is 0 Å². The molecule has 5 heteroatoms. The minimum absolute atomic E-state index is 0.290.